The van der Waals surface area contributed by atoms with Crippen molar-refractivity contribution in [1.82, 2.24) is 0 Å². The van der Waals surface area contributed by atoms with Crippen LogP contribution in [-0.4, -0.2) is 43.8 Å². The Balaban J connectivity index is 0. The molecule has 26 heavy (non-hydrogen) atoms. The second-order valence-corrected chi connectivity index (χ2v) is 4.49. The van der Waals surface area contributed by atoms with Crippen molar-refractivity contribution in [3.05, 3.63) is 60.7 Å². The lowest BCUT2D eigenvalue weighted by atomic mass is 10.3. The highest BCUT2D eigenvalue weighted by atomic mass is 35.5. The molecule has 0 aliphatic rings. The average Bonchev–Trinajstić information content (AvgIpc) is 2.67. The van der Waals surface area contributed by atoms with Crippen LogP contribution >= 0.6 is 11.6 Å². The molecule has 0 unspecified atom stereocenters. The van der Waals surface area contributed by atoms with Crippen molar-refractivity contribution in [2.75, 3.05) is 26.7 Å². The first-order valence-corrected chi connectivity index (χ1v) is 7.68. The number of carbonyl (C=O) groups excluding carboxylic acids is 2. The third-order valence-corrected chi connectivity index (χ3v) is 2.64. The number of ether oxygens (including phenoxy) is 3. The van der Waals surface area contributed by atoms with E-state index in [1.54, 1.807) is 36.4 Å². The molecule has 0 saturated heterocycles. The number of para-hydroxylation sites is 2. The molecule has 0 aromatic heterocycles. The fourth-order valence-electron chi connectivity index (χ4n) is 1.20. The molecule has 1 N–H and O–H groups in total. The van der Waals surface area contributed by atoms with E-state index in [0.29, 0.717) is 11.5 Å². The highest BCUT2D eigenvalue weighted by molar-refractivity contribution is 6.26. The van der Waals surface area contributed by atoms with Gasteiger partial charge in [0.05, 0.1) is 14.2 Å². The molecule has 2 rings (SSSR count). The first kappa shape index (κ1) is 25.5. The molecule has 0 radical (unpaired) electrons. The van der Waals surface area contributed by atoms with Crippen LogP contribution in [0.5, 0.6) is 11.5 Å². The number of carbonyl (C=O) groups is 2. The third-order valence-electron chi connectivity index (χ3n) is 2.42. The minimum atomic E-state index is -0.392. The fraction of sp³-hybridized carbons (Fsp3) is 0.263. The van der Waals surface area contributed by atoms with Crippen LogP contribution in [0.15, 0.2) is 60.7 Å². The first-order valence-electron chi connectivity index (χ1n) is 7.15. The van der Waals surface area contributed by atoms with Gasteiger partial charge in [0.1, 0.15) is 17.4 Å². The summed E-state index contributed by atoms with van der Waals surface area (Å²) in [5, 5.41) is 8.63. The average molecular weight is 385 g/mol. The predicted octanol–water partition coefficient (Wildman–Crippen LogP) is 3.66. The Morgan fingerprint density at radius 3 is 1.65 bits per heavy atom. The molecule has 7 heteroatoms. The number of hydrogen-bond donors (Lipinski definition) is 1. The van der Waals surface area contributed by atoms with Gasteiger partial charge < -0.3 is 19.3 Å². The van der Waals surface area contributed by atoms with Crippen LogP contribution in [0.3, 0.4) is 0 Å². The van der Waals surface area contributed by atoms with Crippen LogP contribution in [-0.2, 0) is 19.1 Å². The lowest BCUT2D eigenvalue weighted by Gasteiger charge is -2.02. The van der Waals surface area contributed by atoms with Gasteiger partial charge in [0, 0.05) is 0 Å². The van der Waals surface area contributed by atoms with E-state index in [1.807, 2.05) is 24.3 Å². The Hall–Kier alpha value is -2.73. The Labute approximate surface area is 159 Å². The van der Waals surface area contributed by atoms with E-state index in [-0.39, 0.29) is 25.9 Å². The SMILES string of the molecule is C.COC(=O)CCl.COC(=O)COc1ccccc1.Oc1ccccc1. The summed E-state index contributed by atoms with van der Waals surface area (Å²) in [5.74, 6) is 0.164. The number of hydrogen-bond acceptors (Lipinski definition) is 6. The lowest BCUT2D eigenvalue weighted by Crippen LogP contribution is -2.12. The van der Waals surface area contributed by atoms with Gasteiger partial charge in [0.25, 0.3) is 0 Å². The molecule has 0 aliphatic heterocycles. The summed E-state index contributed by atoms with van der Waals surface area (Å²) in [4.78, 5) is 20.5. The van der Waals surface area contributed by atoms with Crippen LogP contribution < -0.4 is 4.74 Å². The number of alkyl halides is 1. The van der Waals surface area contributed by atoms with Gasteiger partial charge in [-0.3, -0.25) is 4.79 Å². The number of rotatable bonds is 4. The molecule has 2 aromatic rings. The van der Waals surface area contributed by atoms with Crippen molar-refractivity contribution >= 4 is 23.5 Å². The van der Waals surface area contributed by atoms with Gasteiger partial charge in [-0.2, -0.15) is 0 Å². The van der Waals surface area contributed by atoms with Gasteiger partial charge in [-0.05, 0) is 24.3 Å². The van der Waals surface area contributed by atoms with Crippen molar-refractivity contribution in [3.63, 3.8) is 0 Å². The summed E-state index contributed by atoms with van der Waals surface area (Å²) in [6.07, 6.45) is 0. The highest BCUT2D eigenvalue weighted by Crippen LogP contribution is 2.07. The third kappa shape index (κ3) is 14.8. The van der Waals surface area contributed by atoms with E-state index in [2.05, 4.69) is 9.47 Å². The summed E-state index contributed by atoms with van der Waals surface area (Å²) < 4.78 is 13.6. The molecule has 2 aromatic carbocycles. The molecular weight excluding hydrogens is 360 g/mol. The fourth-order valence-corrected chi connectivity index (χ4v) is 1.31. The number of methoxy groups -OCH3 is 2. The number of phenols is 1. The van der Waals surface area contributed by atoms with E-state index >= 15 is 0 Å². The maximum Gasteiger partial charge on any atom is 0.343 e. The molecule has 0 aliphatic carbocycles. The maximum absolute atomic E-state index is 10.6. The molecule has 6 nitrogen and oxygen atoms in total. The molecule has 0 fully saturated rings. The zero-order chi connectivity index (χ0) is 18.9. The summed E-state index contributed by atoms with van der Waals surface area (Å²) in [6, 6.07) is 17.8. The molecule has 0 heterocycles. The zero-order valence-electron chi connectivity index (χ0n) is 14.1. The largest absolute Gasteiger partial charge is 0.508 e. The van der Waals surface area contributed by atoms with Crippen molar-refractivity contribution in [1.29, 1.82) is 0 Å². The summed E-state index contributed by atoms with van der Waals surface area (Å²) in [6.45, 7) is -0.0412. The van der Waals surface area contributed by atoms with Gasteiger partial charge >= 0.3 is 11.9 Å². The predicted molar refractivity (Wildman–Crippen MR) is 102 cm³/mol. The van der Waals surface area contributed by atoms with Crippen molar-refractivity contribution in [2.24, 2.45) is 0 Å². The van der Waals surface area contributed by atoms with E-state index in [4.69, 9.17) is 21.4 Å². The molecule has 0 atom stereocenters. The van der Waals surface area contributed by atoms with Gasteiger partial charge in [0.15, 0.2) is 6.61 Å². The smallest absolute Gasteiger partial charge is 0.343 e. The Kier molecular flexibility index (Phi) is 16.8. The number of aromatic hydroxyl groups is 1. The van der Waals surface area contributed by atoms with Gasteiger partial charge in [-0.1, -0.05) is 43.8 Å². The van der Waals surface area contributed by atoms with Gasteiger partial charge in [-0.15, -0.1) is 11.6 Å². The highest BCUT2D eigenvalue weighted by Gasteiger charge is 1.99. The van der Waals surface area contributed by atoms with Gasteiger partial charge in [-0.25, -0.2) is 4.79 Å². The number of phenolic OH excluding ortho intramolecular Hbond substituents is 1. The summed E-state index contributed by atoms with van der Waals surface area (Å²) in [5.41, 5.74) is 0. The van der Waals surface area contributed by atoms with Crippen molar-refractivity contribution < 1.29 is 28.9 Å². The van der Waals surface area contributed by atoms with Gasteiger partial charge in [0.2, 0.25) is 0 Å². The number of halogens is 1. The van der Waals surface area contributed by atoms with Crippen LogP contribution in [0.2, 0.25) is 0 Å². The second-order valence-electron chi connectivity index (χ2n) is 4.22. The normalized spacial score (nSPS) is 8.27. The summed E-state index contributed by atoms with van der Waals surface area (Å²) in [7, 11) is 2.63. The Morgan fingerprint density at radius 1 is 0.885 bits per heavy atom. The van der Waals surface area contributed by atoms with E-state index in [9.17, 15) is 9.59 Å². The molecule has 144 valence electrons. The van der Waals surface area contributed by atoms with Crippen LogP contribution in [0.1, 0.15) is 7.43 Å². The van der Waals surface area contributed by atoms with Crippen molar-refractivity contribution in [3.8, 4) is 11.5 Å². The number of benzene rings is 2. The molecular formula is C19H25ClO6. The minimum absolute atomic E-state index is 0. The van der Waals surface area contributed by atoms with E-state index < -0.39 is 5.97 Å². The Bertz CT molecular complexity index is 583. The quantitative estimate of drug-likeness (QED) is 0.639. The van der Waals surface area contributed by atoms with E-state index in [1.165, 1.54) is 14.2 Å². The summed E-state index contributed by atoms with van der Waals surface area (Å²) >= 11 is 4.98. The topological polar surface area (TPSA) is 82.1 Å². The van der Waals surface area contributed by atoms with Crippen molar-refractivity contribution in [2.45, 2.75) is 7.43 Å². The monoisotopic (exact) mass is 384 g/mol. The standard InChI is InChI=1S/C9H10O3.C6H6O.C3H5ClO2.CH4/c1-11-9(10)7-12-8-5-3-2-4-6-8;7-6-4-2-1-3-5-6;1-6-3(5)2-4;/h2-6H,7H2,1H3;1-5,7H;2H2,1H3;1H4. The number of esters is 2. The first-order chi connectivity index (χ1) is 12.0. The van der Waals surface area contributed by atoms with Crippen LogP contribution in [0.4, 0.5) is 0 Å². The molecule has 0 saturated carbocycles. The van der Waals surface area contributed by atoms with Crippen LogP contribution in [0, 0.1) is 0 Å². The Morgan fingerprint density at radius 2 is 1.35 bits per heavy atom. The zero-order valence-corrected chi connectivity index (χ0v) is 14.8. The molecule has 0 spiro atoms. The molecule has 0 bridgehead atoms. The lowest BCUT2D eigenvalue weighted by molar-refractivity contribution is -0.143. The van der Waals surface area contributed by atoms with E-state index in [0.717, 1.165) is 0 Å². The minimum Gasteiger partial charge on any atom is -0.508 e. The second kappa shape index (κ2) is 17.1. The molecule has 0 amide bonds. The van der Waals surface area contributed by atoms with Crippen LogP contribution in [0.25, 0.3) is 0 Å². The maximum atomic E-state index is 10.6.